The van der Waals surface area contributed by atoms with E-state index in [1.807, 2.05) is 55.5 Å². The van der Waals surface area contributed by atoms with Crippen molar-refractivity contribution in [3.05, 3.63) is 65.4 Å². The van der Waals surface area contributed by atoms with Crippen LogP contribution in [-0.2, 0) is 4.74 Å². The van der Waals surface area contributed by atoms with E-state index < -0.39 is 0 Å². The fourth-order valence-corrected chi connectivity index (χ4v) is 3.45. The Bertz CT molecular complexity index is 896. The van der Waals surface area contributed by atoms with Gasteiger partial charge in [-0.25, -0.2) is 0 Å². The van der Waals surface area contributed by atoms with E-state index in [-0.39, 0.29) is 11.8 Å². The van der Waals surface area contributed by atoms with Crippen molar-refractivity contribution in [2.75, 3.05) is 20.8 Å². The summed E-state index contributed by atoms with van der Waals surface area (Å²) in [4.78, 5) is 13.2. The van der Waals surface area contributed by atoms with E-state index in [0.29, 0.717) is 12.2 Å². The summed E-state index contributed by atoms with van der Waals surface area (Å²) in [5, 5.41) is 0.911. The Hall–Kier alpha value is -2.59. The fourth-order valence-electron chi connectivity index (χ4n) is 3.45. The third-order valence-corrected chi connectivity index (χ3v) is 4.57. The Morgan fingerprint density at radius 2 is 1.84 bits per heavy atom. The molecular formula is C21H23NO3. The van der Waals surface area contributed by atoms with Gasteiger partial charge in [-0.2, -0.15) is 0 Å². The summed E-state index contributed by atoms with van der Waals surface area (Å²) in [6.45, 7) is 4.67. The number of benzene rings is 2. The van der Waals surface area contributed by atoms with Crippen LogP contribution < -0.4 is 4.74 Å². The molecule has 1 aromatic heterocycles. The minimum atomic E-state index is 0.0275. The third-order valence-electron chi connectivity index (χ3n) is 4.57. The van der Waals surface area contributed by atoms with Gasteiger partial charge in [0.2, 0.25) is 0 Å². The summed E-state index contributed by atoms with van der Waals surface area (Å²) >= 11 is 0. The summed E-state index contributed by atoms with van der Waals surface area (Å²) in [7, 11) is 3.33. The Morgan fingerprint density at radius 3 is 2.48 bits per heavy atom. The lowest BCUT2D eigenvalue weighted by Gasteiger charge is -2.17. The molecular weight excluding hydrogens is 314 g/mol. The molecule has 0 aliphatic carbocycles. The van der Waals surface area contributed by atoms with E-state index >= 15 is 0 Å². The molecule has 0 bridgehead atoms. The largest absolute Gasteiger partial charge is 0.497 e. The molecule has 130 valence electrons. The SMILES string of the molecule is COCC(C)n1c(C)c(C(=O)c2ccccc2)c2cc(OC)ccc21. The van der Waals surface area contributed by atoms with Gasteiger partial charge in [-0.1, -0.05) is 30.3 Å². The standard InChI is InChI=1S/C21H23NO3/c1-14(13-24-3)22-15(2)20(21(23)16-8-6-5-7-9-16)18-12-17(25-4)10-11-19(18)22/h5-12,14H,13H2,1-4H3. The van der Waals surface area contributed by atoms with E-state index in [1.54, 1.807) is 14.2 Å². The maximum Gasteiger partial charge on any atom is 0.195 e. The van der Waals surface area contributed by atoms with E-state index in [9.17, 15) is 4.79 Å². The molecule has 0 spiro atoms. The van der Waals surface area contributed by atoms with Crippen molar-refractivity contribution in [3.63, 3.8) is 0 Å². The molecule has 0 radical (unpaired) electrons. The van der Waals surface area contributed by atoms with Crippen molar-refractivity contribution < 1.29 is 14.3 Å². The molecule has 3 aromatic rings. The molecule has 0 aliphatic heterocycles. The van der Waals surface area contributed by atoms with Crippen LogP contribution in [-0.4, -0.2) is 31.2 Å². The van der Waals surface area contributed by atoms with Crippen molar-refractivity contribution in [2.24, 2.45) is 0 Å². The number of carbonyl (C=O) groups is 1. The van der Waals surface area contributed by atoms with Gasteiger partial charge < -0.3 is 14.0 Å². The van der Waals surface area contributed by atoms with Crippen LogP contribution in [0.4, 0.5) is 0 Å². The van der Waals surface area contributed by atoms with Gasteiger partial charge in [-0.05, 0) is 32.0 Å². The number of methoxy groups -OCH3 is 2. The quantitative estimate of drug-likeness (QED) is 0.626. The molecule has 1 atom stereocenters. The zero-order valence-corrected chi connectivity index (χ0v) is 15.1. The van der Waals surface area contributed by atoms with Gasteiger partial charge in [0.15, 0.2) is 5.78 Å². The van der Waals surface area contributed by atoms with Crippen molar-refractivity contribution in [2.45, 2.75) is 19.9 Å². The fraction of sp³-hybridized carbons (Fsp3) is 0.286. The summed E-state index contributed by atoms with van der Waals surface area (Å²) < 4.78 is 12.9. The smallest absolute Gasteiger partial charge is 0.195 e. The average molecular weight is 337 g/mol. The molecule has 2 aromatic carbocycles. The highest BCUT2D eigenvalue weighted by atomic mass is 16.5. The molecule has 1 unspecified atom stereocenters. The van der Waals surface area contributed by atoms with Gasteiger partial charge in [-0.3, -0.25) is 4.79 Å². The van der Waals surface area contributed by atoms with Gasteiger partial charge in [0.05, 0.1) is 25.3 Å². The Kier molecular flexibility index (Phi) is 4.91. The second-order valence-electron chi connectivity index (χ2n) is 6.21. The first-order valence-corrected chi connectivity index (χ1v) is 8.35. The molecule has 25 heavy (non-hydrogen) atoms. The Balaban J connectivity index is 2.26. The number of nitrogens with zero attached hydrogens (tertiary/aromatic N) is 1. The first kappa shape index (κ1) is 17.2. The first-order chi connectivity index (χ1) is 12.1. The van der Waals surface area contributed by atoms with Crippen molar-refractivity contribution in [3.8, 4) is 5.75 Å². The minimum Gasteiger partial charge on any atom is -0.497 e. The molecule has 4 heteroatoms. The first-order valence-electron chi connectivity index (χ1n) is 8.35. The molecule has 0 amide bonds. The number of hydrogen-bond donors (Lipinski definition) is 0. The average Bonchev–Trinajstić information content (AvgIpc) is 2.93. The number of carbonyl (C=O) groups excluding carboxylic acids is 1. The summed E-state index contributed by atoms with van der Waals surface area (Å²) in [5.74, 6) is 0.769. The van der Waals surface area contributed by atoms with Crippen LogP contribution in [0.1, 0.15) is 34.6 Å². The predicted octanol–water partition coefficient (Wildman–Crippen LogP) is 4.40. The maximum atomic E-state index is 13.2. The highest BCUT2D eigenvalue weighted by Gasteiger charge is 2.23. The van der Waals surface area contributed by atoms with E-state index in [2.05, 4.69) is 11.5 Å². The van der Waals surface area contributed by atoms with Crippen LogP contribution in [0.25, 0.3) is 10.9 Å². The van der Waals surface area contributed by atoms with Crippen LogP contribution in [0.15, 0.2) is 48.5 Å². The molecule has 0 saturated carbocycles. The number of fused-ring (bicyclic) bond motifs is 1. The highest BCUT2D eigenvalue weighted by Crippen LogP contribution is 2.33. The van der Waals surface area contributed by atoms with Gasteiger partial charge in [0.25, 0.3) is 0 Å². The van der Waals surface area contributed by atoms with Crippen LogP contribution in [0.5, 0.6) is 5.75 Å². The van der Waals surface area contributed by atoms with Crippen LogP contribution >= 0.6 is 0 Å². The molecule has 4 nitrogen and oxygen atoms in total. The van der Waals surface area contributed by atoms with Gasteiger partial charge in [0.1, 0.15) is 5.75 Å². The second kappa shape index (κ2) is 7.11. The van der Waals surface area contributed by atoms with Crippen LogP contribution in [0.3, 0.4) is 0 Å². The Morgan fingerprint density at radius 1 is 1.12 bits per heavy atom. The zero-order valence-electron chi connectivity index (χ0n) is 15.1. The molecule has 0 aliphatic rings. The zero-order chi connectivity index (χ0) is 18.0. The van der Waals surface area contributed by atoms with Crippen LogP contribution in [0.2, 0.25) is 0 Å². The normalized spacial score (nSPS) is 12.3. The van der Waals surface area contributed by atoms with E-state index in [4.69, 9.17) is 9.47 Å². The lowest BCUT2D eigenvalue weighted by atomic mass is 10.0. The third kappa shape index (κ3) is 3.05. The lowest BCUT2D eigenvalue weighted by molar-refractivity contribution is 0.103. The minimum absolute atomic E-state index is 0.0275. The number of rotatable bonds is 6. The van der Waals surface area contributed by atoms with Gasteiger partial charge in [-0.15, -0.1) is 0 Å². The summed E-state index contributed by atoms with van der Waals surface area (Å²) in [5.41, 5.74) is 3.37. The summed E-state index contributed by atoms with van der Waals surface area (Å²) in [6, 6.07) is 15.4. The molecule has 0 saturated heterocycles. The number of hydrogen-bond acceptors (Lipinski definition) is 3. The molecule has 0 N–H and O–H groups in total. The number of ketones is 1. The van der Waals surface area contributed by atoms with Crippen molar-refractivity contribution >= 4 is 16.7 Å². The van der Waals surface area contributed by atoms with Crippen LogP contribution in [0, 0.1) is 6.92 Å². The summed E-state index contributed by atoms with van der Waals surface area (Å²) in [6.07, 6.45) is 0. The predicted molar refractivity (Wildman–Crippen MR) is 99.7 cm³/mol. The topological polar surface area (TPSA) is 40.5 Å². The second-order valence-corrected chi connectivity index (χ2v) is 6.21. The number of ether oxygens (including phenoxy) is 2. The maximum absolute atomic E-state index is 13.2. The number of aromatic nitrogens is 1. The van der Waals surface area contributed by atoms with E-state index in [0.717, 1.165) is 27.9 Å². The molecule has 1 heterocycles. The van der Waals surface area contributed by atoms with Crippen molar-refractivity contribution in [1.82, 2.24) is 4.57 Å². The Labute approximate surface area is 148 Å². The van der Waals surface area contributed by atoms with Gasteiger partial charge in [0, 0.05) is 29.3 Å². The highest BCUT2D eigenvalue weighted by molar-refractivity contribution is 6.17. The molecule has 0 fully saturated rings. The van der Waals surface area contributed by atoms with Crippen molar-refractivity contribution in [1.29, 1.82) is 0 Å². The molecule has 3 rings (SSSR count). The van der Waals surface area contributed by atoms with E-state index in [1.165, 1.54) is 0 Å². The van der Waals surface area contributed by atoms with Gasteiger partial charge >= 0.3 is 0 Å². The monoisotopic (exact) mass is 337 g/mol. The lowest BCUT2D eigenvalue weighted by Crippen LogP contribution is -2.13.